The van der Waals surface area contributed by atoms with Crippen molar-refractivity contribution in [2.45, 2.75) is 85.5 Å². The molecule has 0 heterocycles. The fourth-order valence-corrected chi connectivity index (χ4v) is 4.54. The maximum Gasteiger partial charge on any atom is -0.0187 e. The van der Waals surface area contributed by atoms with Crippen molar-refractivity contribution in [3.8, 4) is 0 Å². The highest BCUT2D eigenvalue weighted by Gasteiger charge is 2.17. The Kier molecular flexibility index (Phi) is 6.87. The molecule has 136 valence electrons. The molecule has 0 heteroatoms. The van der Waals surface area contributed by atoms with E-state index in [1.165, 1.54) is 49.7 Å². The third-order valence-corrected chi connectivity index (χ3v) is 6.08. The van der Waals surface area contributed by atoms with Gasteiger partial charge in [0, 0.05) is 0 Å². The van der Waals surface area contributed by atoms with Crippen molar-refractivity contribution in [3.05, 3.63) is 69.8 Å². The summed E-state index contributed by atoms with van der Waals surface area (Å²) in [5.41, 5.74) is 9.41. The molecule has 0 nitrogen and oxygen atoms in total. The summed E-state index contributed by atoms with van der Waals surface area (Å²) in [5, 5.41) is 0. The van der Waals surface area contributed by atoms with Crippen LogP contribution in [-0.2, 0) is 12.8 Å². The summed E-state index contributed by atoms with van der Waals surface area (Å²) >= 11 is 0. The SMILES string of the molecule is C.Cc1cccc2c1CCC[C@@H]2C.Cc1cccc2c1CCC[C@H]2C. The molecule has 0 N–H and O–H groups in total. The van der Waals surface area contributed by atoms with Crippen molar-refractivity contribution in [3.63, 3.8) is 0 Å². The van der Waals surface area contributed by atoms with Gasteiger partial charge in [-0.3, -0.25) is 0 Å². The molecule has 2 atom stereocenters. The maximum atomic E-state index is 2.34. The lowest BCUT2D eigenvalue weighted by molar-refractivity contribution is 0.588. The molecule has 0 fully saturated rings. The Labute approximate surface area is 155 Å². The summed E-state index contributed by atoms with van der Waals surface area (Å²) in [7, 11) is 0. The molecule has 2 aromatic carbocycles. The van der Waals surface area contributed by atoms with Gasteiger partial charge in [0.15, 0.2) is 0 Å². The standard InChI is InChI=1S/2C12H16.CH4/c2*1-9-5-3-8-12-10(2)6-4-7-11(9)12;/h2*3,5,8,10H,4,6-7H2,1-2H3;1H4/t2*10-;/m10./s1. The van der Waals surface area contributed by atoms with E-state index in [2.05, 4.69) is 64.1 Å². The van der Waals surface area contributed by atoms with Crippen LogP contribution in [0.1, 0.15) is 92.2 Å². The van der Waals surface area contributed by atoms with Crippen LogP contribution in [0, 0.1) is 13.8 Å². The van der Waals surface area contributed by atoms with Gasteiger partial charge in [0.2, 0.25) is 0 Å². The lowest BCUT2D eigenvalue weighted by atomic mass is 9.82. The van der Waals surface area contributed by atoms with Gasteiger partial charge in [-0.25, -0.2) is 0 Å². The minimum absolute atomic E-state index is 0. The molecule has 0 saturated carbocycles. The van der Waals surface area contributed by atoms with Gasteiger partial charge in [-0.05, 0) is 97.6 Å². The number of fused-ring (bicyclic) bond motifs is 2. The van der Waals surface area contributed by atoms with E-state index >= 15 is 0 Å². The Bertz CT molecular complexity index is 634. The van der Waals surface area contributed by atoms with Gasteiger partial charge < -0.3 is 0 Å². The predicted octanol–water partition coefficient (Wildman–Crippen LogP) is 7.51. The fourth-order valence-electron chi connectivity index (χ4n) is 4.54. The second kappa shape index (κ2) is 8.70. The van der Waals surface area contributed by atoms with Crippen LogP contribution in [0.5, 0.6) is 0 Å². The summed E-state index contributed by atoms with van der Waals surface area (Å²) < 4.78 is 0. The first-order chi connectivity index (χ1) is 11.6. The average molecular weight is 337 g/mol. The van der Waals surface area contributed by atoms with E-state index in [4.69, 9.17) is 0 Å². The first-order valence-electron chi connectivity index (χ1n) is 9.74. The predicted molar refractivity (Wildman–Crippen MR) is 112 cm³/mol. The third kappa shape index (κ3) is 4.35. The zero-order chi connectivity index (χ0) is 17.1. The number of hydrogen-bond donors (Lipinski definition) is 0. The van der Waals surface area contributed by atoms with E-state index in [1.807, 2.05) is 0 Å². The fraction of sp³-hybridized carbons (Fsp3) is 0.520. The second-order valence-corrected chi connectivity index (χ2v) is 7.87. The lowest BCUT2D eigenvalue weighted by Gasteiger charge is -2.23. The summed E-state index contributed by atoms with van der Waals surface area (Å²) in [6.45, 7) is 9.16. The van der Waals surface area contributed by atoms with E-state index in [0.717, 1.165) is 11.8 Å². The van der Waals surface area contributed by atoms with Gasteiger partial charge in [0.25, 0.3) is 0 Å². The Hall–Kier alpha value is -1.56. The Morgan fingerprint density at radius 2 is 1.08 bits per heavy atom. The summed E-state index contributed by atoms with van der Waals surface area (Å²) in [6.07, 6.45) is 8.09. The summed E-state index contributed by atoms with van der Waals surface area (Å²) in [5.74, 6) is 1.57. The highest BCUT2D eigenvalue weighted by atomic mass is 14.2. The van der Waals surface area contributed by atoms with E-state index in [9.17, 15) is 0 Å². The van der Waals surface area contributed by atoms with Crippen LogP contribution in [0.25, 0.3) is 0 Å². The first kappa shape index (κ1) is 19.8. The summed E-state index contributed by atoms with van der Waals surface area (Å²) in [6, 6.07) is 13.4. The van der Waals surface area contributed by atoms with Gasteiger partial charge in [-0.1, -0.05) is 57.7 Å². The zero-order valence-electron chi connectivity index (χ0n) is 15.9. The maximum absolute atomic E-state index is 2.34. The molecular weight excluding hydrogens is 300 g/mol. The minimum atomic E-state index is 0. The second-order valence-electron chi connectivity index (χ2n) is 7.87. The highest BCUT2D eigenvalue weighted by molar-refractivity contribution is 5.39. The molecule has 0 bridgehead atoms. The molecule has 0 aromatic heterocycles. The summed E-state index contributed by atoms with van der Waals surface area (Å²) in [4.78, 5) is 0. The normalized spacial score (nSPS) is 21.1. The van der Waals surface area contributed by atoms with Crippen molar-refractivity contribution in [1.29, 1.82) is 0 Å². The van der Waals surface area contributed by atoms with Crippen LogP contribution in [0.2, 0.25) is 0 Å². The van der Waals surface area contributed by atoms with Crippen molar-refractivity contribution in [2.24, 2.45) is 0 Å². The van der Waals surface area contributed by atoms with E-state index in [-0.39, 0.29) is 7.43 Å². The largest absolute Gasteiger partial charge is 0.0776 e. The number of rotatable bonds is 0. The average Bonchev–Trinajstić information content (AvgIpc) is 2.58. The van der Waals surface area contributed by atoms with Gasteiger partial charge in [0.1, 0.15) is 0 Å². The molecule has 0 aliphatic heterocycles. The number of hydrogen-bond acceptors (Lipinski definition) is 0. The van der Waals surface area contributed by atoms with Gasteiger partial charge >= 0.3 is 0 Å². The van der Waals surface area contributed by atoms with E-state index in [1.54, 1.807) is 22.3 Å². The van der Waals surface area contributed by atoms with Crippen LogP contribution in [-0.4, -0.2) is 0 Å². The first-order valence-corrected chi connectivity index (χ1v) is 9.74. The van der Waals surface area contributed by atoms with Crippen LogP contribution >= 0.6 is 0 Å². The molecule has 2 aliphatic carbocycles. The van der Waals surface area contributed by atoms with Crippen molar-refractivity contribution >= 4 is 0 Å². The van der Waals surface area contributed by atoms with Gasteiger partial charge in [-0.2, -0.15) is 0 Å². The lowest BCUT2D eigenvalue weighted by Crippen LogP contribution is -2.08. The molecule has 2 aromatic rings. The quantitative estimate of drug-likeness (QED) is 0.467. The zero-order valence-corrected chi connectivity index (χ0v) is 15.9. The van der Waals surface area contributed by atoms with Crippen molar-refractivity contribution in [2.75, 3.05) is 0 Å². The smallest absolute Gasteiger partial charge is 0.0187 e. The number of aryl methyl sites for hydroxylation is 2. The van der Waals surface area contributed by atoms with Crippen LogP contribution in [0.3, 0.4) is 0 Å². The van der Waals surface area contributed by atoms with E-state index in [0.29, 0.717) is 0 Å². The number of benzene rings is 2. The van der Waals surface area contributed by atoms with Gasteiger partial charge in [0.05, 0.1) is 0 Å². The molecule has 25 heavy (non-hydrogen) atoms. The molecule has 0 amide bonds. The van der Waals surface area contributed by atoms with E-state index < -0.39 is 0 Å². The third-order valence-electron chi connectivity index (χ3n) is 6.08. The highest BCUT2D eigenvalue weighted by Crippen LogP contribution is 2.33. The Morgan fingerprint density at radius 3 is 1.44 bits per heavy atom. The minimum Gasteiger partial charge on any atom is -0.0776 e. The molecule has 0 saturated heterocycles. The molecule has 0 spiro atoms. The van der Waals surface area contributed by atoms with Crippen molar-refractivity contribution < 1.29 is 0 Å². The van der Waals surface area contributed by atoms with Crippen LogP contribution < -0.4 is 0 Å². The molecule has 2 aliphatic rings. The van der Waals surface area contributed by atoms with Gasteiger partial charge in [-0.15, -0.1) is 0 Å². The van der Waals surface area contributed by atoms with Crippen molar-refractivity contribution in [1.82, 2.24) is 0 Å². The van der Waals surface area contributed by atoms with Crippen LogP contribution in [0.15, 0.2) is 36.4 Å². The molecule has 0 radical (unpaired) electrons. The molecular formula is C25H36. The Morgan fingerprint density at radius 1 is 0.680 bits per heavy atom. The topological polar surface area (TPSA) is 0 Å². The molecule has 4 rings (SSSR count). The monoisotopic (exact) mass is 336 g/mol. The Balaban J connectivity index is 0.000000173. The molecule has 0 unspecified atom stereocenters. The van der Waals surface area contributed by atoms with Crippen LogP contribution in [0.4, 0.5) is 0 Å².